The number of aryl methyl sites for hydroxylation is 5. The number of rotatable bonds is 3. The van der Waals surface area contributed by atoms with Crippen molar-refractivity contribution in [3.05, 3.63) is 70.5 Å². The number of anilines is 2. The summed E-state index contributed by atoms with van der Waals surface area (Å²) in [4.78, 5) is 4.76. The summed E-state index contributed by atoms with van der Waals surface area (Å²) in [6.07, 6.45) is 7.33. The van der Waals surface area contributed by atoms with Crippen molar-refractivity contribution in [1.82, 2.24) is 0 Å². The second-order valence-corrected chi connectivity index (χ2v) is 7.73. The predicted octanol–water partition coefficient (Wildman–Crippen LogP) is 7.18. The Morgan fingerprint density at radius 1 is 0.704 bits per heavy atom. The monoisotopic (exact) mass is 364 g/mol. The molecule has 1 heterocycles. The van der Waals surface area contributed by atoms with Gasteiger partial charge in [-0.25, -0.2) is 0 Å². The lowest BCUT2D eigenvalue weighted by molar-refractivity contribution is 0.743. The van der Waals surface area contributed by atoms with E-state index >= 15 is 0 Å². The van der Waals surface area contributed by atoms with Crippen LogP contribution >= 0.6 is 0 Å². The quantitative estimate of drug-likeness (QED) is 0.569. The Morgan fingerprint density at radius 2 is 1.11 bits per heavy atom. The van der Waals surface area contributed by atoms with Crippen LogP contribution in [-0.4, -0.2) is 6.17 Å². The number of benzene rings is 2. The minimum Gasteiger partial charge on any atom is -0.325 e. The zero-order chi connectivity index (χ0) is 20.1. The number of hydrogen-bond acceptors (Lipinski definition) is 2. The normalized spacial score (nSPS) is 15.8. The summed E-state index contributed by atoms with van der Waals surface area (Å²) in [5.74, 6) is 0. The van der Waals surface area contributed by atoms with E-state index in [0.29, 0.717) is 0 Å². The minimum absolute atomic E-state index is 0.273. The van der Waals surface area contributed by atoms with Gasteiger partial charge in [-0.1, -0.05) is 62.6 Å². The molecule has 2 aromatic carbocycles. The maximum atomic E-state index is 2.38. The van der Waals surface area contributed by atoms with Crippen molar-refractivity contribution in [3.8, 4) is 0 Å². The molecule has 0 saturated heterocycles. The molecular formula is C25H36N2. The van der Waals surface area contributed by atoms with Gasteiger partial charge in [0.1, 0.15) is 6.17 Å². The molecule has 146 valence electrons. The van der Waals surface area contributed by atoms with Crippen LogP contribution in [0.25, 0.3) is 0 Å². The van der Waals surface area contributed by atoms with Gasteiger partial charge in [0, 0.05) is 23.8 Å². The van der Waals surface area contributed by atoms with Gasteiger partial charge in [0.25, 0.3) is 0 Å². The molecule has 1 unspecified atom stereocenters. The summed E-state index contributed by atoms with van der Waals surface area (Å²) < 4.78 is 0. The first-order chi connectivity index (χ1) is 12.8. The second-order valence-electron chi connectivity index (χ2n) is 7.73. The Kier molecular flexibility index (Phi) is 7.12. The molecule has 27 heavy (non-hydrogen) atoms. The van der Waals surface area contributed by atoms with E-state index in [9.17, 15) is 0 Å². The molecule has 1 aliphatic heterocycles. The molecule has 0 saturated carbocycles. The Labute approximate surface area is 166 Å². The van der Waals surface area contributed by atoms with E-state index in [1.165, 1.54) is 52.0 Å². The van der Waals surface area contributed by atoms with E-state index in [2.05, 4.69) is 108 Å². The van der Waals surface area contributed by atoms with Crippen LogP contribution in [0.5, 0.6) is 0 Å². The largest absolute Gasteiger partial charge is 0.325 e. The fraction of sp³-hybridized carbons (Fsp3) is 0.440. The standard InChI is InChI=1S/C21H26N2.C4H10/c1-14-12-17(4)21(18(5)13-14)23-11-10-22(19(23)6)20-15(2)8-7-9-16(20)3;1-3-4-2/h7-13,19H,1-6H3;3-4H2,1-2H3. The van der Waals surface area contributed by atoms with E-state index < -0.39 is 0 Å². The SMILES string of the molecule is CCCC.Cc1cc(C)c(N2C=CN(c3c(C)cccc3C)C2C)c(C)c1. The van der Waals surface area contributed by atoms with Crippen LogP contribution in [0.15, 0.2) is 42.7 Å². The molecule has 0 radical (unpaired) electrons. The molecule has 0 fully saturated rings. The highest BCUT2D eigenvalue weighted by molar-refractivity contribution is 5.69. The van der Waals surface area contributed by atoms with Crippen molar-refractivity contribution in [2.75, 3.05) is 9.80 Å². The van der Waals surface area contributed by atoms with Crippen molar-refractivity contribution in [1.29, 1.82) is 0 Å². The third kappa shape index (κ3) is 4.55. The Hall–Kier alpha value is -2.22. The average Bonchev–Trinajstić information content (AvgIpc) is 2.96. The van der Waals surface area contributed by atoms with Gasteiger partial charge in [-0.2, -0.15) is 0 Å². The molecule has 2 aromatic rings. The third-order valence-electron chi connectivity index (χ3n) is 5.28. The number of nitrogens with zero attached hydrogens (tertiary/aromatic N) is 2. The molecule has 0 amide bonds. The van der Waals surface area contributed by atoms with Crippen molar-refractivity contribution < 1.29 is 0 Å². The summed E-state index contributed by atoms with van der Waals surface area (Å²) in [7, 11) is 0. The second kappa shape index (κ2) is 9.12. The van der Waals surface area contributed by atoms with Crippen molar-refractivity contribution >= 4 is 11.4 Å². The van der Waals surface area contributed by atoms with Gasteiger partial charge >= 0.3 is 0 Å². The van der Waals surface area contributed by atoms with Crippen LogP contribution in [0.2, 0.25) is 0 Å². The molecule has 1 atom stereocenters. The fourth-order valence-electron chi connectivity index (χ4n) is 3.84. The first-order valence-electron chi connectivity index (χ1n) is 10.2. The van der Waals surface area contributed by atoms with Crippen molar-refractivity contribution in [3.63, 3.8) is 0 Å². The molecule has 2 heteroatoms. The lowest BCUT2D eigenvalue weighted by Crippen LogP contribution is -2.37. The number of para-hydroxylation sites is 1. The molecule has 2 nitrogen and oxygen atoms in total. The van der Waals surface area contributed by atoms with Crippen molar-refractivity contribution in [2.45, 2.75) is 74.4 Å². The Morgan fingerprint density at radius 3 is 1.52 bits per heavy atom. The topological polar surface area (TPSA) is 6.48 Å². The lowest BCUT2D eigenvalue weighted by atomic mass is 10.0. The summed E-state index contributed by atoms with van der Waals surface area (Å²) in [5, 5.41) is 0. The maximum absolute atomic E-state index is 2.38. The van der Waals surface area contributed by atoms with Crippen molar-refractivity contribution in [2.24, 2.45) is 0 Å². The number of hydrogen-bond donors (Lipinski definition) is 0. The van der Waals surface area contributed by atoms with Gasteiger partial charge in [0.15, 0.2) is 0 Å². The van der Waals surface area contributed by atoms with E-state index in [-0.39, 0.29) is 6.17 Å². The van der Waals surface area contributed by atoms with E-state index in [1.807, 2.05) is 0 Å². The van der Waals surface area contributed by atoms with Crippen LogP contribution in [0.3, 0.4) is 0 Å². The fourth-order valence-corrected chi connectivity index (χ4v) is 3.84. The van der Waals surface area contributed by atoms with Crippen LogP contribution in [-0.2, 0) is 0 Å². The number of unbranched alkanes of at least 4 members (excludes halogenated alkanes) is 1. The zero-order valence-electron chi connectivity index (χ0n) is 18.4. The lowest BCUT2D eigenvalue weighted by Gasteiger charge is -2.33. The Bertz CT molecular complexity index is 759. The summed E-state index contributed by atoms with van der Waals surface area (Å²) in [5.41, 5.74) is 9.28. The van der Waals surface area contributed by atoms with Crippen LogP contribution < -0.4 is 9.80 Å². The highest BCUT2D eigenvalue weighted by Gasteiger charge is 2.27. The summed E-state index contributed by atoms with van der Waals surface area (Å²) in [6.45, 7) is 17.6. The molecule has 0 spiro atoms. The van der Waals surface area contributed by atoms with E-state index in [0.717, 1.165) is 0 Å². The molecular weight excluding hydrogens is 328 g/mol. The minimum atomic E-state index is 0.273. The molecule has 3 rings (SSSR count). The highest BCUT2D eigenvalue weighted by atomic mass is 15.4. The van der Waals surface area contributed by atoms with Crippen LogP contribution in [0.4, 0.5) is 11.4 Å². The third-order valence-corrected chi connectivity index (χ3v) is 5.28. The highest BCUT2D eigenvalue weighted by Crippen LogP contribution is 2.36. The summed E-state index contributed by atoms with van der Waals surface area (Å²) >= 11 is 0. The van der Waals surface area contributed by atoms with E-state index in [1.54, 1.807) is 0 Å². The Balaban J connectivity index is 0.000000596. The van der Waals surface area contributed by atoms with Gasteiger partial charge in [-0.15, -0.1) is 0 Å². The van der Waals surface area contributed by atoms with Gasteiger partial charge in [-0.05, 0) is 63.8 Å². The first kappa shape index (κ1) is 21.1. The van der Waals surface area contributed by atoms with Gasteiger partial charge in [0.2, 0.25) is 0 Å². The maximum Gasteiger partial charge on any atom is 0.107 e. The average molecular weight is 365 g/mol. The van der Waals surface area contributed by atoms with Gasteiger partial charge in [0.05, 0.1) is 0 Å². The first-order valence-corrected chi connectivity index (χ1v) is 10.2. The predicted molar refractivity (Wildman–Crippen MR) is 121 cm³/mol. The van der Waals surface area contributed by atoms with Crippen LogP contribution in [0.1, 0.15) is 61.4 Å². The molecule has 0 N–H and O–H groups in total. The van der Waals surface area contributed by atoms with E-state index in [4.69, 9.17) is 0 Å². The molecule has 0 aliphatic carbocycles. The smallest absolute Gasteiger partial charge is 0.107 e. The zero-order valence-corrected chi connectivity index (χ0v) is 18.4. The van der Waals surface area contributed by atoms with Gasteiger partial charge in [-0.3, -0.25) is 0 Å². The molecule has 1 aliphatic rings. The van der Waals surface area contributed by atoms with Crippen LogP contribution in [0, 0.1) is 34.6 Å². The summed E-state index contributed by atoms with van der Waals surface area (Å²) in [6, 6.07) is 11.0. The van der Waals surface area contributed by atoms with Gasteiger partial charge < -0.3 is 9.80 Å². The molecule has 0 bridgehead atoms. The molecule has 0 aromatic heterocycles.